The second-order valence-corrected chi connectivity index (χ2v) is 10.7. The van der Waals surface area contributed by atoms with Crippen LogP contribution in [0.1, 0.15) is 36.0 Å². The topological polar surface area (TPSA) is 116 Å². The van der Waals surface area contributed by atoms with Crippen LogP contribution in [0.4, 0.5) is 11.4 Å². The smallest absolute Gasteiger partial charge is 0.257 e. The van der Waals surface area contributed by atoms with E-state index in [2.05, 4.69) is 10.6 Å². The minimum absolute atomic E-state index is 0.00303. The Labute approximate surface area is 197 Å². The number of nitrogens with zero attached hydrogens (tertiary/aromatic N) is 1. The molecule has 0 atom stereocenters. The first kappa shape index (κ1) is 22.4. The third kappa shape index (κ3) is 4.36. The Hall–Kier alpha value is -3.43. The Morgan fingerprint density at radius 1 is 0.882 bits per heavy atom. The van der Waals surface area contributed by atoms with E-state index in [1.165, 1.54) is 22.5 Å². The van der Waals surface area contributed by atoms with Gasteiger partial charge in [-0.1, -0.05) is 24.3 Å². The van der Waals surface area contributed by atoms with Crippen molar-refractivity contribution in [3.8, 4) is 5.75 Å². The number of hydrogen-bond acceptors (Lipinski definition) is 5. The van der Waals surface area contributed by atoms with Gasteiger partial charge in [-0.05, 0) is 66.8 Å². The van der Waals surface area contributed by atoms with E-state index in [1.807, 2.05) is 24.3 Å². The van der Waals surface area contributed by atoms with Crippen molar-refractivity contribution in [3.63, 3.8) is 0 Å². The first-order chi connectivity index (χ1) is 16.3. The summed E-state index contributed by atoms with van der Waals surface area (Å²) in [4.78, 5) is 25.7. The van der Waals surface area contributed by atoms with Gasteiger partial charge in [0.15, 0.2) is 0 Å². The number of hydrogen-bond donors (Lipinski definition) is 3. The number of phenols is 1. The molecule has 9 heteroatoms. The third-order valence-electron chi connectivity index (χ3n) is 6.26. The summed E-state index contributed by atoms with van der Waals surface area (Å²) in [7, 11) is -3.72. The van der Waals surface area contributed by atoms with Gasteiger partial charge in [0.2, 0.25) is 15.9 Å². The summed E-state index contributed by atoms with van der Waals surface area (Å²) in [5.74, 6) is -0.995. The van der Waals surface area contributed by atoms with E-state index in [0.29, 0.717) is 18.8 Å². The standard InChI is InChI=1S/C25H25N3O5S/c29-23-10-9-19(34(32,33)28-11-3-4-12-28)15-22(23)27-25(31)20-13-17-5-1-2-6-18(17)14-21(20)26-24(30)16-7-8-16/h1-2,5-6,9-10,13-16,29H,3-4,7-8,11-12H2,(H,26,30)(H,27,31). The molecule has 2 amide bonds. The van der Waals surface area contributed by atoms with Gasteiger partial charge < -0.3 is 15.7 Å². The third-order valence-corrected chi connectivity index (χ3v) is 8.15. The summed E-state index contributed by atoms with van der Waals surface area (Å²) in [6.45, 7) is 0.901. The molecule has 1 heterocycles. The number of benzene rings is 3. The highest BCUT2D eigenvalue weighted by Crippen LogP contribution is 2.33. The molecule has 1 aliphatic heterocycles. The summed E-state index contributed by atoms with van der Waals surface area (Å²) < 4.78 is 27.3. The lowest BCUT2D eigenvalue weighted by Crippen LogP contribution is -2.28. The van der Waals surface area contributed by atoms with Crippen LogP contribution in [-0.2, 0) is 14.8 Å². The van der Waals surface area contributed by atoms with Crippen LogP contribution in [0.2, 0.25) is 0 Å². The van der Waals surface area contributed by atoms with Crippen molar-refractivity contribution in [1.29, 1.82) is 0 Å². The molecule has 1 aliphatic carbocycles. The normalized spacial score (nSPS) is 16.5. The number of nitrogens with one attached hydrogen (secondary N) is 2. The molecule has 1 saturated heterocycles. The van der Waals surface area contributed by atoms with Gasteiger partial charge in [-0.25, -0.2) is 8.42 Å². The Bertz CT molecular complexity index is 1390. The molecule has 2 fully saturated rings. The molecular weight excluding hydrogens is 454 g/mol. The number of sulfonamides is 1. The van der Waals surface area contributed by atoms with E-state index >= 15 is 0 Å². The van der Waals surface area contributed by atoms with Gasteiger partial charge in [0.05, 0.1) is 21.8 Å². The summed E-state index contributed by atoms with van der Waals surface area (Å²) >= 11 is 0. The second kappa shape index (κ2) is 8.73. The molecule has 0 unspecified atom stereocenters. The van der Waals surface area contributed by atoms with Gasteiger partial charge in [-0.3, -0.25) is 9.59 Å². The van der Waals surface area contributed by atoms with Crippen LogP contribution in [0.15, 0.2) is 59.5 Å². The fourth-order valence-electron chi connectivity index (χ4n) is 4.15. The number of anilines is 2. The number of carbonyl (C=O) groups excluding carboxylic acids is 2. The average molecular weight is 480 g/mol. The SMILES string of the molecule is O=C(Nc1cc(S(=O)(=O)N2CCCC2)ccc1O)c1cc2ccccc2cc1NC(=O)C1CC1. The predicted molar refractivity (Wildman–Crippen MR) is 129 cm³/mol. The first-order valence-electron chi connectivity index (χ1n) is 11.3. The zero-order chi connectivity index (χ0) is 23.9. The Morgan fingerprint density at radius 2 is 1.56 bits per heavy atom. The van der Waals surface area contributed by atoms with Crippen LogP contribution in [0, 0.1) is 5.92 Å². The highest BCUT2D eigenvalue weighted by molar-refractivity contribution is 7.89. The maximum atomic E-state index is 13.3. The van der Waals surface area contributed by atoms with E-state index in [9.17, 15) is 23.1 Å². The van der Waals surface area contributed by atoms with Crippen LogP contribution >= 0.6 is 0 Å². The lowest BCUT2D eigenvalue weighted by molar-refractivity contribution is -0.117. The van der Waals surface area contributed by atoms with Crippen LogP contribution < -0.4 is 10.6 Å². The summed E-state index contributed by atoms with van der Waals surface area (Å²) in [5, 5.41) is 17.5. The second-order valence-electron chi connectivity index (χ2n) is 8.75. The minimum Gasteiger partial charge on any atom is -0.506 e. The van der Waals surface area contributed by atoms with E-state index in [0.717, 1.165) is 36.5 Å². The zero-order valence-corrected chi connectivity index (χ0v) is 19.3. The molecule has 2 aliphatic rings. The van der Waals surface area contributed by atoms with Crippen LogP contribution in [-0.4, -0.2) is 42.7 Å². The minimum atomic E-state index is -3.72. The maximum absolute atomic E-state index is 13.3. The summed E-state index contributed by atoms with van der Waals surface area (Å²) in [5.41, 5.74) is 0.575. The highest BCUT2D eigenvalue weighted by Gasteiger charge is 2.31. The van der Waals surface area contributed by atoms with Crippen molar-refractivity contribution in [2.24, 2.45) is 5.92 Å². The zero-order valence-electron chi connectivity index (χ0n) is 18.5. The molecule has 3 aromatic rings. The van der Waals surface area contributed by atoms with Gasteiger partial charge >= 0.3 is 0 Å². The Balaban J connectivity index is 1.48. The lowest BCUT2D eigenvalue weighted by atomic mass is 10.0. The molecule has 1 saturated carbocycles. The number of aromatic hydroxyl groups is 1. The lowest BCUT2D eigenvalue weighted by Gasteiger charge is -2.17. The van der Waals surface area contributed by atoms with Crippen molar-refractivity contribution in [2.75, 3.05) is 23.7 Å². The van der Waals surface area contributed by atoms with Crippen molar-refractivity contribution >= 4 is 44.0 Å². The van der Waals surface area contributed by atoms with Crippen molar-refractivity contribution in [1.82, 2.24) is 4.31 Å². The molecule has 0 spiro atoms. The largest absolute Gasteiger partial charge is 0.506 e. The molecule has 0 radical (unpaired) electrons. The summed E-state index contributed by atoms with van der Waals surface area (Å²) in [6.07, 6.45) is 3.26. The number of fused-ring (bicyclic) bond motifs is 1. The van der Waals surface area contributed by atoms with Crippen LogP contribution in [0.5, 0.6) is 5.75 Å². The molecular formula is C25H25N3O5S. The van der Waals surface area contributed by atoms with E-state index in [1.54, 1.807) is 12.1 Å². The number of rotatable bonds is 6. The fraction of sp³-hybridized carbons (Fsp3) is 0.280. The van der Waals surface area contributed by atoms with Gasteiger partial charge in [-0.15, -0.1) is 0 Å². The monoisotopic (exact) mass is 479 g/mol. The molecule has 0 aromatic heterocycles. The van der Waals surface area contributed by atoms with Crippen LogP contribution in [0.25, 0.3) is 10.8 Å². The first-order valence-corrected chi connectivity index (χ1v) is 12.7. The predicted octanol–water partition coefficient (Wildman–Crippen LogP) is 3.93. The number of phenolic OH excluding ortho intramolecular Hbond substituents is 1. The quantitative estimate of drug-likeness (QED) is 0.463. The van der Waals surface area contributed by atoms with Crippen molar-refractivity contribution < 1.29 is 23.1 Å². The van der Waals surface area contributed by atoms with E-state index in [4.69, 9.17) is 0 Å². The fourth-order valence-corrected chi connectivity index (χ4v) is 5.70. The Kier molecular flexibility index (Phi) is 5.75. The Morgan fingerprint density at radius 3 is 2.24 bits per heavy atom. The number of amides is 2. The molecule has 3 aromatic carbocycles. The van der Waals surface area contributed by atoms with Gasteiger partial charge in [-0.2, -0.15) is 4.31 Å². The van der Waals surface area contributed by atoms with Crippen LogP contribution in [0.3, 0.4) is 0 Å². The molecule has 34 heavy (non-hydrogen) atoms. The summed E-state index contributed by atoms with van der Waals surface area (Å²) in [6, 6.07) is 14.8. The maximum Gasteiger partial charge on any atom is 0.257 e. The average Bonchev–Trinajstić information content (AvgIpc) is 3.53. The van der Waals surface area contributed by atoms with E-state index in [-0.39, 0.29) is 33.7 Å². The molecule has 5 rings (SSSR count). The molecule has 0 bridgehead atoms. The van der Waals surface area contributed by atoms with Gasteiger partial charge in [0.1, 0.15) is 5.75 Å². The number of carbonyl (C=O) groups is 2. The van der Waals surface area contributed by atoms with Gasteiger partial charge in [0.25, 0.3) is 5.91 Å². The molecule has 8 nitrogen and oxygen atoms in total. The molecule has 3 N–H and O–H groups in total. The van der Waals surface area contributed by atoms with Gasteiger partial charge in [0, 0.05) is 19.0 Å². The van der Waals surface area contributed by atoms with E-state index < -0.39 is 15.9 Å². The van der Waals surface area contributed by atoms with Crippen molar-refractivity contribution in [3.05, 3.63) is 60.2 Å². The molecule has 176 valence electrons. The highest BCUT2D eigenvalue weighted by atomic mass is 32.2. The van der Waals surface area contributed by atoms with Crippen molar-refractivity contribution in [2.45, 2.75) is 30.6 Å².